The highest BCUT2D eigenvalue weighted by molar-refractivity contribution is 7.99. The van der Waals surface area contributed by atoms with Crippen LogP contribution in [0.2, 0.25) is 0 Å². The SMILES string of the molecule is CCCNC1(C(=O)O)CCC(Sc2nc(C)cc(C)n2)C1. The molecule has 116 valence electrons. The molecule has 1 fully saturated rings. The highest BCUT2D eigenvalue weighted by Crippen LogP contribution is 2.39. The zero-order valence-electron chi connectivity index (χ0n) is 12.8. The van der Waals surface area contributed by atoms with E-state index in [1.165, 1.54) is 0 Å². The molecule has 1 aliphatic carbocycles. The van der Waals surface area contributed by atoms with Crippen molar-refractivity contribution in [1.29, 1.82) is 0 Å². The van der Waals surface area contributed by atoms with Crippen LogP contribution in [0.3, 0.4) is 0 Å². The fourth-order valence-electron chi connectivity index (χ4n) is 2.79. The number of aryl methyl sites for hydroxylation is 2. The molecule has 6 heteroatoms. The fraction of sp³-hybridized carbons (Fsp3) is 0.667. The number of hydrogen-bond donors (Lipinski definition) is 2. The summed E-state index contributed by atoms with van der Waals surface area (Å²) < 4.78 is 0. The molecule has 2 atom stereocenters. The maximum Gasteiger partial charge on any atom is 0.323 e. The third-order valence-corrected chi connectivity index (χ3v) is 4.95. The van der Waals surface area contributed by atoms with E-state index in [4.69, 9.17) is 0 Å². The van der Waals surface area contributed by atoms with Gasteiger partial charge in [0.1, 0.15) is 5.54 Å². The van der Waals surface area contributed by atoms with Crippen molar-refractivity contribution in [3.05, 3.63) is 17.5 Å². The molecule has 2 unspecified atom stereocenters. The summed E-state index contributed by atoms with van der Waals surface area (Å²) in [4.78, 5) is 20.5. The molecule has 0 spiro atoms. The Morgan fingerprint density at radius 2 is 2.14 bits per heavy atom. The first-order chi connectivity index (χ1) is 9.95. The number of carbonyl (C=O) groups is 1. The molecule has 0 aromatic carbocycles. The van der Waals surface area contributed by atoms with Crippen LogP contribution >= 0.6 is 11.8 Å². The molecule has 1 aromatic rings. The van der Waals surface area contributed by atoms with Crippen molar-refractivity contribution >= 4 is 17.7 Å². The molecule has 0 aliphatic heterocycles. The Bertz CT molecular complexity index is 503. The molecule has 1 aromatic heterocycles. The number of carboxylic acids is 1. The van der Waals surface area contributed by atoms with Crippen molar-refractivity contribution in [2.45, 2.75) is 62.4 Å². The number of carboxylic acid groups (broad SMARTS) is 1. The lowest BCUT2D eigenvalue weighted by Crippen LogP contribution is -2.50. The molecule has 2 rings (SSSR count). The summed E-state index contributed by atoms with van der Waals surface area (Å²) in [6.45, 7) is 6.70. The molecule has 0 amide bonds. The van der Waals surface area contributed by atoms with Crippen molar-refractivity contribution < 1.29 is 9.90 Å². The maximum atomic E-state index is 11.6. The van der Waals surface area contributed by atoms with Crippen LogP contribution in [-0.2, 0) is 4.79 Å². The van der Waals surface area contributed by atoms with Crippen LogP contribution in [0.25, 0.3) is 0 Å². The van der Waals surface area contributed by atoms with E-state index in [1.807, 2.05) is 26.8 Å². The molecule has 5 nitrogen and oxygen atoms in total. The first-order valence-electron chi connectivity index (χ1n) is 7.42. The molecular formula is C15H23N3O2S. The summed E-state index contributed by atoms with van der Waals surface area (Å²) in [5.74, 6) is -0.736. The zero-order chi connectivity index (χ0) is 15.5. The highest BCUT2D eigenvalue weighted by atomic mass is 32.2. The van der Waals surface area contributed by atoms with Gasteiger partial charge in [0, 0.05) is 16.6 Å². The Kier molecular flexibility index (Phi) is 5.22. The van der Waals surface area contributed by atoms with Gasteiger partial charge in [-0.15, -0.1) is 0 Å². The van der Waals surface area contributed by atoms with Crippen LogP contribution in [0.4, 0.5) is 0 Å². The van der Waals surface area contributed by atoms with Crippen molar-refractivity contribution in [1.82, 2.24) is 15.3 Å². The van der Waals surface area contributed by atoms with E-state index in [0.717, 1.165) is 35.9 Å². The monoisotopic (exact) mass is 309 g/mol. The van der Waals surface area contributed by atoms with Gasteiger partial charge in [-0.25, -0.2) is 9.97 Å². The first-order valence-corrected chi connectivity index (χ1v) is 8.30. The quantitative estimate of drug-likeness (QED) is 0.787. The standard InChI is InChI=1S/C15H23N3O2S/c1-4-7-16-15(13(19)20)6-5-12(9-15)21-14-17-10(2)8-11(3)18-14/h8,12,16H,4-7,9H2,1-3H3,(H,19,20). The lowest BCUT2D eigenvalue weighted by molar-refractivity contribution is -0.144. The normalized spacial score (nSPS) is 25.2. The van der Waals surface area contributed by atoms with Gasteiger partial charge < -0.3 is 10.4 Å². The number of aliphatic carboxylic acids is 1. The van der Waals surface area contributed by atoms with E-state index in [-0.39, 0.29) is 5.25 Å². The summed E-state index contributed by atoms with van der Waals surface area (Å²) in [7, 11) is 0. The lowest BCUT2D eigenvalue weighted by atomic mass is 9.98. The summed E-state index contributed by atoms with van der Waals surface area (Å²) in [5, 5.41) is 13.8. The Morgan fingerprint density at radius 3 is 2.71 bits per heavy atom. The second-order valence-corrected chi connectivity index (χ2v) is 7.00. The number of hydrogen-bond acceptors (Lipinski definition) is 5. The zero-order valence-corrected chi connectivity index (χ0v) is 13.7. The summed E-state index contributed by atoms with van der Waals surface area (Å²) in [6.07, 6.45) is 3.12. The van der Waals surface area contributed by atoms with Gasteiger partial charge in [0.25, 0.3) is 0 Å². The average Bonchev–Trinajstić information content (AvgIpc) is 2.80. The van der Waals surface area contributed by atoms with Gasteiger partial charge in [0.05, 0.1) is 0 Å². The van der Waals surface area contributed by atoms with Crippen LogP contribution < -0.4 is 5.32 Å². The predicted octanol–water partition coefficient (Wildman–Crippen LogP) is 2.56. The minimum atomic E-state index is -0.771. The number of rotatable bonds is 6. The van der Waals surface area contributed by atoms with Gasteiger partial charge in [-0.2, -0.15) is 0 Å². The van der Waals surface area contributed by atoms with Crippen molar-refractivity contribution in [2.75, 3.05) is 6.54 Å². The van der Waals surface area contributed by atoms with E-state index in [0.29, 0.717) is 12.8 Å². The topological polar surface area (TPSA) is 75.1 Å². The van der Waals surface area contributed by atoms with E-state index in [9.17, 15) is 9.90 Å². The molecule has 1 aliphatic rings. The minimum absolute atomic E-state index is 0.256. The highest BCUT2D eigenvalue weighted by Gasteiger charge is 2.45. The average molecular weight is 309 g/mol. The Hall–Kier alpha value is -1.14. The van der Waals surface area contributed by atoms with Gasteiger partial charge in [0.15, 0.2) is 5.16 Å². The summed E-state index contributed by atoms with van der Waals surface area (Å²) >= 11 is 1.61. The number of nitrogens with zero attached hydrogens (tertiary/aromatic N) is 2. The molecule has 1 heterocycles. The van der Waals surface area contributed by atoms with Crippen LogP contribution in [0.15, 0.2) is 11.2 Å². The van der Waals surface area contributed by atoms with Crippen LogP contribution in [-0.4, -0.2) is 38.4 Å². The molecule has 21 heavy (non-hydrogen) atoms. The van der Waals surface area contributed by atoms with Crippen LogP contribution in [0.1, 0.15) is 44.0 Å². The molecule has 2 N–H and O–H groups in total. The van der Waals surface area contributed by atoms with E-state index in [1.54, 1.807) is 11.8 Å². The van der Waals surface area contributed by atoms with Gasteiger partial charge >= 0.3 is 5.97 Å². The molecule has 0 saturated heterocycles. The maximum absolute atomic E-state index is 11.6. The van der Waals surface area contributed by atoms with Crippen molar-refractivity contribution in [3.8, 4) is 0 Å². The molecule has 0 radical (unpaired) electrons. The molecular weight excluding hydrogens is 286 g/mol. The first kappa shape index (κ1) is 16.2. The largest absolute Gasteiger partial charge is 0.480 e. The smallest absolute Gasteiger partial charge is 0.323 e. The second kappa shape index (κ2) is 6.75. The summed E-state index contributed by atoms with van der Waals surface area (Å²) in [6, 6.07) is 1.95. The third-order valence-electron chi connectivity index (χ3n) is 3.83. The lowest BCUT2D eigenvalue weighted by Gasteiger charge is -2.25. The van der Waals surface area contributed by atoms with Crippen LogP contribution in [0.5, 0.6) is 0 Å². The number of thioether (sulfide) groups is 1. The van der Waals surface area contributed by atoms with Gasteiger partial charge in [-0.05, 0) is 52.1 Å². The molecule has 1 saturated carbocycles. The van der Waals surface area contributed by atoms with Crippen molar-refractivity contribution in [2.24, 2.45) is 0 Å². The summed E-state index contributed by atoms with van der Waals surface area (Å²) in [5.41, 5.74) is 1.14. The fourth-order valence-corrected chi connectivity index (χ4v) is 4.09. The Balaban J connectivity index is 2.05. The Labute approximate surface area is 130 Å². The second-order valence-electron chi connectivity index (χ2n) is 5.73. The number of aromatic nitrogens is 2. The van der Waals surface area contributed by atoms with E-state index >= 15 is 0 Å². The van der Waals surface area contributed by atoms with E-state index in [2.05, 4.69) is 15.3 Å². The third kappa shape index (κ3) is 3.95. The number of nitrogens with one attached hydrogen (secondary N) is 1. The van der Waals surface area contributed by atoms with Gasteiger partial charge in [0.2, 0.25) is 0 Å². The predicted molar refractivity (Wildman–Crippen MR) is 83.7 cm³/mol. The Morgan fingerprint density at radius 1 is 1.48 bits per heavy atom. The van der Waals surface area contributed by atoms with Gasteiger partial charge in [-0.1, -0.05) is 18.7 Å². The van der Waals surface area contributed by atoms with E-state index < -0.39 is 11.5 Å². The van der Waals surface area contributed by atoms with Crippen molar-refractivity contribution in [3.63, 3.8) is 0 Å². The minimum Gasteiger partial charge on any atom is -0.480 e. The van der Waals surface area contributed by atoms with Crippen LogP contribution in [0, 0.1) is 13.8 Å². The van der Waals surface area contributed by atoms with Gasteiger partial charge in [-0.3, -0.25) is 4.79 Å². The molecule has 0 bridgehead atoms.